The molecule has 2 rings (SSSR count). The molecule has 0 aliphatic rings. The Hall–Kier alpha value is -2.44. The number of hydrogen-bond donors (Lipinski definition) is 1. The fraction of sp³-hybridized carbons (Fsp3) is 0. The summed E-state index contributed by atoms with van der Waals surface area (Å²) in [6, 6.07) is 3.69. The zero-order chi connectivity index (χ0) is 11.0. The molecule has 1 heterocycles. The minimum atomic E-state index is -1.31. The number of aromatic carboxylic acids is 1. The molecular weight excluding hydrogens is 204 g/mol. The van der Waals surface area contributed by atoms with E-state index < -0.39 is 16.8 Å². The number of hydrogen-bond acceptors (Lipinski definition) is 5. The summed E-state index contributed by atoms with van der Waals surface area (Å²) >= 11 is 0. The molecule has 1 N–H and O–H groups in total. The Labute approximate surface area is 82.1 Å². The maximum atomic E-state index is 10.5. The number of oxazole rings is 1. The summed E-state index contributed by atoms with van der Waals surface area (Å²) in [6.45, 7) is 0. The molecular formula is C8H4N2O5. The smallest absolute Gasteiger partial charge is 0.392 e. The Kier molecular flexibility index (Phi) is 1.86. The lowest BCUT2D eigenvalue weighted by molar-refractivity contribution is -0.384. The van der Waals surface area contributed by atoms with E-state index in [4.69, 9.17) is 9.52 Å². The normalized spacial score (nSPS) is 10.4. The highest BCUT2D eigenvalue weighted by molar-refractivity contribution is 5.87. The van der Waals surface area contributed by atoms with E-state index in [0.29, 0.717) is 0 Å². The van der Waals surface area contributed by atoms with Crippen molar-refractivity contribution in [3.05, 3.63) is 34.2 Å². The first-order valence-corrected chi connectivity index (χ1v) is 3.86. The molecule has 2 aromatic rings. The van der Waals surface area contributed by atoms with Gasteiger partial charge in [0.25, 0.3) is 5.69 Å². The van der Waals surface area contributed by atoms with Gasteiger partial charge in [-0.15, -0.1) is 0 Å². The first-order valence-electron chi connectivity index (χ1n) is 3.86. The number of benzene rings is 1. The average molecular weight is 208 g/mol. The van der Waals surface area contributed by atoms with Gasteiger partial charge < -0.3 is 9.52 Å². The minimum Gasteiger partial charge on any atom is -0.474 e. The predicted molar refractivity (Wildman–Crippen MR) is 47.6 cm³/mol. The van der Waals surface area contributed by atoms with E-state index in [9.17, 15) is 14.9 Å². The number of rotatable bonds is 2. The van der Waals surface area contributed by atoms with Crippen molar-refractivity contribution >= 4 is 22.8 Å². The van der Waals surface area contributed by atoms with Crippen molar-refractivity contribution in [2.45, 2.75) is 0 Å². The van der Waals surface area contributed by atoms with Gasteiger partial charge in [-0.2, -0.15) is 0 Å². The number of carbonyl (C=O) groups is 1. The van der Waals surface area contributed by atoms with Gasteiger partial charge in [-0.3, -0.25) is 10.1 Å². The Balaban J connectivity index is 2.62. The molecule has 7 heteroatoms. The van der Waals surface area contributed by atoms with Crippen LogP contribution in [0.3, 0.4) is 0 Å². The first-order chi connectivity index (χ1) is 7.08. The van der Waals surface area contributed by atoms with E-state index in [2.05, 4.69) is 4.98 Å². The maximum Gasteiger partial charge on any atom is 0.392 e. The highest BCUT2D eigenvalue weighted by atomic mass is 16.6. The minimum absolute atomic E-state index is 0.154. The quantitative estimate of drug-likeness (QED) is 0.590. The van der Waals surface area contributed by atoms with E-state index >= 15 is 0 Å². The second-order valence-electron chi connectivity index (χ2n) is 2.73. The summed E-state index contributed by atoms with van der Waals surface area (Å²) in [5, 5.41) is 19.0. The molecule has 0 aliphatic carbocycles. The highest BCUT2D eigenvalue weighted by Crippen LogP contribution is 2.21. The highest BCUT2D eigenvalue weighted by Gasteiger charge is 2.15. The van der Waals surface area contributed by atoms with Crippen LogP contribution in [-0.2, 0) is 0 Å². The van der Waals surface area contributed by atoms with E-state index in [-0.39, 0.29) is 16.8 Å². The molecule has 1 aromatic heterocycles. The predicted octanol–water partition coefficient (Wildman–Crippen LogP) is 1.43. The van der Waals surface area contributed by atoms with Gasteiger partial charge in [0.05, 0.1) is 4.92 Å². The molecule has 0 saturated heterocycles. The van der Waals surface area contributed by atoms with Crippen molar-refractivity contribution in [3.8, 4) is 0 Å². The molecule has 0 fully saturated rings. The second kappa shape index (κ2) is 3.05. The van der Waals surface area contributed by atoms with Crippen LogP contribution in [0.15, 0.2) is 22.6 Å². The fourth-order valence-corrected chi connectivity index (χ4v) is 1.12. The molecule has 15 heavy (non-hydrogen) atoms. The number of nitro groups is 1. The van der Waals surface area contributed by atoms with Crippen molar-refractivity contribution in [1.29, 1.82) is 0 Å². The number of carboxylic acid groups (broad SMARTS) is 1. The molecule has 0 radical (unpaired) electrons. The molecule has 0 amide bonds. The van der Waals surface area contributed by atoms with Crippen molar-refractivity contribution in [3.63, 3.8) is 0 Å². The molecule has 76 valence electrons. The monoisotopic (exact) mass is 208 g/mol. The van der Waals surface area contributed by atoms with Gasteiger partial charge in [-0.25, -0.2) is 9.78 Å². The first kappa shape index (κ1) is 9.13. The third-order valence-electron chi connectivity index (χ3n) is 1.76. The number of carboxylic acids is 1. The van der Waals surface area contributed by atoms with Crippen LogP contribution in [0.5, 0.6) is 0 Å². The molecule has 0 unspecified atom stereocenters. The number of fused-ring (bicyclic) bond motifs is 1. The van der Waals surface area contributed by atoms with E-state index in [1.54, 1.807) is 0 Å². The molecule has 0 saturated carbocycles. The van der Waals surface area contributed by atoms with Gasteiger partial charge in [0.2, 0.25) is 0 Å². The van der Waals surface area contributed by atoms with Crippen LogP contribution in [0.4, 0.5) is 5.69 Å². The number of nitrogens with zero attached hydrogens (tertiary/aromatic N) is 2. The summed E-state index contributed by atoms with van der Waals surface area (Å²) in [6.07, 6.45) is 0. The van der Waals surface area contributed by atoms with Crippen LogP contribution in [0, 0.1) is 10.1 Å². The maximum absolute atomic E-state index is 10.5. The van der Waals surface area contributed by atoms with Crippen molar-refractivity contribution in [2.75, 3.05) is 0 Å². The summed E-state index contributed by atoms with van der Waals surface area (Å²) in [5.41, 5.74) is 0.201. The molecule has 0 atom stereocenters. The lowest BCUT2D eigenvalue weighted by Gasteiger charge is -1.88. The third-order valence-corrected chi connectivity index (χ3v) is 1.76. The van der Waals surface area contributed by atoms with Gasteiger partial charge in [0.15, 0.2) is 5.58 Å². The van der Waals surface area contributed by atoms with Crippen molar-refractivity contribution in [2.24, 2.45) is 0 Å². The summed E-state index contributed by atoms with van der Waals surface area (Å²) in [5.74, 6) is -1.79. The molecule has 0 aliphatic heterocycles. The number of non-ortho nitro benzene ring substituents is 1. The van der Waals surface area contributed by atoms with Crippen LogP contribution in [-0.4, -0.2) is 21.0 Å². The second-order valence-corrected chi connectivity index (χ2v) is 2.73. The van der Waals surface area contributed by atoms with Crippen LogP contribution in [0.1, 0.15) is 10.7 Å². The van der Waals surface area contributed by atoms with Gasteiger partial charge in [-0.05, 0) is 6.07 Å². The topological polar surface area (TPSA) is 106 Å². The van der Waals surface area contributed by atoms with Crippen LogP contribution in [0.2, 0.25) is 0 Å². The SMILES string of the molecule is O=C(O)c1nc2cc([N+](=O)[O-])ccc2o1. The van der Waals surface area contributed by atoms with Crippen LogP contribution >= 0.6 is 0 Å². The van der Waals surface area contributed by atoms with E-state index in [0.717, 1.165) is 6.07 Å². The number of aromatic nitrogens is 1. The zero-order valence-corrected chi connectivity index (χ0v) is 7.21. The summed E-state index contributed by atoms with van der Waals surface area (Å²) < 4.78 is 4.83. The Morgan fingerprint density at radius 1 is 1.53 bits per heavy atom. The lowest BCUT2D eigenvalue weighted by atomic mass is 10.3. The standard InChI is InChI=1S/C8H4N2O5/c11-8(12)7-9-5-3-4(10(13)14)1-2-6(5)15-7/h1-3H,(H,11,12). The van der Waals surface area contributed by atoms with Crippen LogP contribution in [0.25, 0.3) is 11.1 Å². The molecule has 0 bridgehead atoms. The van der Waals surface area contributed by atoms with Gasteiger partial charge >= 0.3 is 11.9 Å². The Bertz CT molecular complexity index is 547. The van der Waals surface area contributed by atoms with Crippen LogP contribution < -0.4 is 0 Å². The Morgan fingerprint density at radius 2 is 2.27 bits per heavy atom. The summed E-state index contributed by atoms with van der Waals surface area (Å²) in [7, 11) is 0. The zero-order valence-electron chi connectivity index (χ0n) is 7.21. The Morgan fingerprint density at radius 3 is 2.87 bits per heavy atom. The largest absolute Gasteiger partial charge is 0.474 e. The number of nitro benzene ring substituents is 1. The van der Waals surface area contributed by atoms with Gasteiger partial charge in [0, 0.05) is 12.1 Å². The van der Waals surface area contributed by atoms with E-state index in [1.165, 1.54) is 12.1 Å². The van der Waals surface area contributed by atoms with Crippen molar-refractivity contribution < 1.29 is 19.2 Å². The third kappa shape index (κ3) is 1.50. The average Bonchev–Trinajstić information content (AvgIpc) is 2.59. The molecule has 7 nitrogen and oxygen atoms in total. The fourth-order valence-electron chi connectivity index (χ4n) is 1.12. The van der Waals surface area contributed by atoms with E-state index in [1.807, 2.05) is 0 Å². The van der Waals surface area contributed by atoms with Gasteiger partial charge in [0.1, 0.15) is 5.52 Å². The van der Waals surface area contributed by atoms with Gasteiger partial charge in [-0.1, -0.05) is 0 Å². The summed E-state index contributed by atoms with van der Waals surface area (Å²) in [4.78, 5) is 23.9. The lowest BCUT2D eigenvalue weighted by Crippen LogP contribution is -1.94. The molecule has 0 spiro atoms. The van der Waals surface area contributed by atoms with Crippen molar-refractivity contribution in [1.82, 2.24) is 4.98 Å². The molecule has 1 aromatic carbocycles.